The average molecular weight is 341 g/mol. The third-order valence-electron chi connectivity index (χ3n) is 3.11. The van der Waals surface area contributed by atoms with Gasteiger partial charge in [-0.2, -0.15) is 0 Å². The molecule has 1 amide bonds. The molecule has 2 aromatic carbocycles. The molecule has 2 aromatic rings. The zero-order chi connectivity index (χ0) is 17.4. The van der Waals surface area contributed by atoms with Crippen molar-refractivity contribution in [3.05, 3.63) is 65.5 Å². The van der Waals surface area contributed by atoms with E-state index in [0.29, 0.717) is 11.7 Å². The summed E-state index contributed by atoms with van der Waals surface area (Å²) >= 11 is 1.80. The van der Waals surface area contributed by atoms with E-state index in [1.807, 2.05) is 24.3 Å². The number of hydrogen-bond acceptors (Lipinski definition) is 2. The van der Waals surface area contributed by atoms with Crippen molar-refractivity contribution in [2.75, 3.05) is 6.54 Å². The average Bonchev–Trinajstić information content (AvgIpc) is 2.55. The minimum absolute atomic E-state index is 0.0623. The second-order valence-corrected chi connectivity index (χ2v) is 7.22. The second-order valence-electron chi connectivity index (χ2n) is 5.57. The highest BCUT2D eigenvalue weighted by Crippen LogP contribution is 2.22. The summed E-state index contributed by atoms with van der Waals surface area (Å²) in [5, 5.41) is 3.31. The smallest absolute Gasteiger partial charge is 0.225 e. The van der Waals surface area contributed by atoms with Gasteiger partial charge in [-0.15, -0.1) is 11.8 Å². The fourth-order valence-corrected chi connectivity index (χ4v) is 2.87. The molecule has 0 aliphatic carbocycles. The van der Waals surface area contributed by atoms with E-state index in [1.165, 1.54) is 17.0 Å². The summed E-state index contributed by atoms with van der Waals surface area (Å²) in [5.74, 6) is 5.40. The van der Waals surface area contributed by atoms with Crippen molar-refractivity contribution in [3.63, 3.8) is 0 Å². The van der Waals surface area contributed by atoms with E-state index in [0.717, 1.165) is 11.1 Å². The maximum Gasteiger partial charge on any atom is 0.225 e. The second kappa shape index (κ2) is 9.14. The Morgan fingerprint density at radius 1 is 1.12 bits per heavy atom. The van der Waals surface area contributed by atoms with Gasteiger partial charge in [0, 0.05) is 15.7 Å². The van der Waals surface area contributed by atoms with Gasteiger partial charge in [-0.25, -0.2) is 4.39 Å². The standard InChI is InChI=1S/C20H20FNOS/c1-15(2)24-19-11-7-17(8-12-19)14-20(23)22-13-3-4-16-5-9-18(21)10-6-16/h5-12,15H,13-14H2,1-2H3,(H,22,23). The summed E-state index contributed by atoms with van der Waals surface area (Å²) in [6, 6.07) is 14.0. The maximum atomic E-state index is 12.8. The lowest BCUT2D eigenvalue weighted by Crippen LogP contribution is -2.25. The number of carbonyl (C=O) groups is 1. The van der Waals surface area contributed by atoms with E-state index in [1.54, 1.807) is 23.9 Å². The molecule has 4 heteroatoms. The van der Waals surface area contributed by atoms with Crippen molar-refractivity contribution >= 4 is 17.7 Å². The Hall–Kier alpha value is -2.25. The molecule has 124 valence electrons. The molecule has 0 saturated carbocycles. The van der Waals surface area contributed by atoms with Gasteiger partial charge < -0.3 is 5.32 Å². The van der Waals surface area contributed by atoms with Crippen LogP contribution in [0.3, 0.4) is 0 Å². The Morgan fingerprint density at radius 2 is 1.79 bits per heavy atom. The molecule has 0 bridgehead atoms. The summed E-state index contributed by atoms with van der Waals surface area (Å²) < 4.78 is 12.8. The zero-order valence-electron chi connectivity index (χ0n) is 13.8. The summed E-state index contributed by atoms with van der Waals surface area (Å²) in [4.78, 5) is 13.1. The van der Waals surface area contributed by atoms with Crippen LogP contribution >= 0.6 is 11.8 Å². The first-order valence-electron chi connectivity index (χ1n) is 7.79. The van der Waals surface area contributed by atoms with E-state index in [2.05, 4.69) is 31.0 Å². The number of rotatable bonds is 5. The van der Waals surface area contributed by atoms with E-state index in [4.69, 9.17) is 0 Å². The topological polar surface area (TPSA) is 29.1 Å². The molecule has 2 rings (SSSR count). The van der Waals surface area contributed by atoms with Gasteiger partial charge in [0.05, 0.1) is 13.0 Å². The highest BCUT2D eigenvalue weighted by Gasteiger charge is 2.03. The van der Waals surface area contributed by atoms with Crippen LogP contribution in [0.4, 0.5) is 4.39 Å². The fraction of sp³-hybridized carbons (Fsp3) is 0.250. The van der Waals surface area contributed by atoms with Gasteiger partial charge in [-0.1, -0.05) is 37.8 Å². The maximum absolute atomic E-state index is 12.8. The lowest BCUT2D eigenvalue weighted by atomic mass is 10.1. The number of nitrogens with one attached hydrogen (secondary N) is 1. The molecule has 0 spiro atoms. The molecule has 2 nitrogen and oxygen atoms in total. The molecular formula is C20H20FNOS. The third-order valence-corrected chi connectivity index (χ3v) is 4.13. The van der Waals surface area contributed by atoms with E-state index >= 15 is 0 Å². The lowest BCUT2D eigenvalue weighted by Gasteiger charge is -2.06. The highest BCUT2D eigenvalue weighted by atomic mass is 32.2. The van der Waals surface area contributed by atoms with Crippen LogP contribution in [-0.4, -0.2) is 17.7 Å². The molecule has 1 N–H and O–H groups in total. The largest absolute Gasteiger partial charge is 0.345 e. The van der Waals surface area contributed by atoms with Crippen molar-refractivity contribution in [2.24, 2.45) is 0 Å². The van der Waals surface area contributed by atoms with Crippen LogP contribution in [0, 0.1) is 17.7 Å². The number of thioether (sulfide) groups is 1. The van der Waals surface area contributed by atoms with Crippen molar-refractivity contribution in [1.82, 2.24) is 5.32 Å². The summed E-state index contributed by atoms with van der Waals surface area (Å²) in [6.45, 7) is 4.58. The number of hydrogen-bond donors (Lipinski definition) is 1. The summed E-state index contributed by atoms with van der Waals surface area (Å²) in [5.41, 5.74) is 1.70. The van der Waals surface area contributed by atoms with Crippen LogP contribution in [-0.2, 0) is 11.2 Å². The Bertz CT molecular complexity index is 727. The van der Waals surface area contributed by atoms with Crippen LogP contribution in [0.5, 0.6) is 0 Å². The van der Waals surface area contributed by atoms with Crippen molar-refractivity contribution in [3.8, 4) is 11.8 Å². The van der Waals surface area contributed by atoms with Crippen molar-refractivity contribution in [1.29, 1.82) is 0 Å². The van der Waals surface area contributed by atoms with Crippen LogP contribution in [0.25, 0.3) is 0 Å². The number of carbonyl (C=O) groups excluding carboxylic acids is 1. The van der Waals surface area contributed by atoms with Gasteiger partial charge in [0.2, 0.25) is 5.91 Å². The Balaban J connectivity index is 1.78. The molecule has 0 aliphatic rings. The van der Waals surface area contributed by atoms with Crippen LogP contribution in [0.15, 0.2) is 53.4 Å². The van der Waals surface area contributed by atoms with E-state index in [-0.39, 0.29) is 18.3 Å². The molecular weight excluding hydrogens is 321 g/mol. The highest BCUT2D eigenvalue weighted by molar-refractivity contribution is 7.99. The van der Waals surface area contributed by atoms with Crippen LogP contribution < -0.4 is 5.32 Å². The summed E-state index contributed by atoms with van der Waals surface area (Å²) in [6.07, 6.45) is 0.338. The first-order chi connectivity index (χ1) is 11.5. The van der Waals surface area contributed by atoms with Gasteiger partial charge in [0.25, 0.3) is 0 Å². The molecule has 0 radical (unpaired) electrons. The predicted molar refractivity (Wildman–Crippen MR) is 97.4 cm³/mol. The number of benzene rings is 2. The number of halogens is 1. The molecule has 0 saturated heterocycles. The van der Waals surface area contributed by atoms with E-state index < -0.39 is 0 Å². The predicted octanol–water partition coefficient (Wildman–Crippen LogP) is 4.04. The van der Waals surface area contributed by atoms with Gasteiger partial charge in [-0.05, 0) is 42.0 Å². The monoisotopic (exact) mass is 341 g/mol. The van der Waals surface area contributed by atoms with Gasteiger partial charge in [0.15, 0.2) is 0 Å². The molecule has 0 aromatic heterocycles. The van der Waals surface area contributed by atoms with Crippen molar-refractivity contribution in [2.45, 2.75) is 30.4 Å². The Morgan fingerprint density at radius 3 is 2.42 bits per heavy atom. The Kier molecular flexibility index (Phi) is 6.89. The Labute approximate surface area is 146 Å². The molecule has 0 fully saturated rings. The zero-order valence-corrected chi connectivity index (χ0v) is 14.6. The van der Waals surface area contributed by atoms with Gasteiger partial charge >= 0.3 is 0 Å². The van der Waals surface area contributed by atoms with Crippen LogP contribution in [0.1, 0.15) is 25.0 Å². The number of amides is 1. The van der Waals surface area contributed by atoms with Gasteiger partial charge in [-0.3, -0.25) is 4.79 Å². The molecule has 0 atom stereocenters. The third kappa shape index (κ3) is 6.47. The normalized spacial score (nSPS) is 10.2. The molecule has 24 heavy (non-hydrogen) atoms. The minimum atomic E-state index is -0.285. The first-order valence-corrected chi connectivity index (χ1v) is 8.67. The molecule has 0 aliphatic heterocycles. The lowest BCUT2D eigenvalue weighted by molar-refractivity contribution is -0.120. The van der Waals surface area contributed by atoms with Gasteiger partial charge in [0.1, 0.15) is 5.82 Å². The van der Waals surface area contributed by atoms with Crippen LogP contribution in [0.2, 0.25) is 0 Å². The molecule has 0 heterocycles. The minimum Gasteiger partial charge on any atom is -0.345 e. The van der Waals surface area contributed by atoms with Crippen molar-refractivity contribution < 1.29 is 9.18 Å². The first kappa shape index (κ1) is 18.1. The summed E-state index contributed by atoms with van der Waals surface area (Å²) in [7, 11) is 0. The van der Waals surface area contributed by atoms with E-state index in [9.17, 15) is 9.18 Å². The quantitative estimate of drug-likeness (QED) is 0.657. The SMILES string of the molecule is CC(C)Sc1ccc(CC(=O)NCC#Cc2ccc(F)cc2)cc1. The fourth-order valence-electron chi connectivity index (χ4n) is 2.03. The molecule has 0 unspecified atom stereocenters.